The van der Waals surface area contributed by atoms with Crippen molar-refractivity contribution < 1.29 is 14.3 Å². The van der Waals surface area contributed by atoms with E-state index in [-0.39, 0.29) is 5.89 Å². The number of aliphatic hydroxyl groups is 1. The Morgan fingerprint density at radius 1 is 1.27 bits per heavy atom. The van der Waals surface area contributed by atoms with Crippen molar-refractivity contribution in [2.24, 2.45) is 0 Å². The number of likely N-dealkylation sites (N-methyl/N-ethyl adjacent to an activating group) is 1. The van der Waals surface area contributed by atoms with Crippen LogP contribution in [-0.2, 0) is 4.79 Å². The van der Waals surface area contributed by atoms with Crippen LogP contribution in [0.1, 0.15) is 12.0 Å². The molecular formula is C16H13ClN2O3. The molecule has 1 amide bonds. The monoisotopic (exact) mass is 316 g/mol. The predicted octanol–water partition coefficient (Wildman–Crippen LogP) is 3.18. The summed E-state index contributed by atoms with van der Waals surface area (Å²) in [5.41, 5.74) is 1.64. The summed E-state index contributed by atoms with van der Waals surface area (Å²) < 4.78 is 5.42. The number of aromatic nitrogens is 1. The summed E-state index contributed by atoms with van der Waals surface area (Å²) in [6, 6.07) is 13.9. The van der Waals surface area contributed by atoms with Crippen molar-refractivity contribution in [2.75, 3.05) is 11.9 Å². The molecule has 0 aliphatic heterocycles. The summed E-state index contributed by atoms with van der Waals surface area (Å²) in [6.07, 6.45) is -1.48. The Kier molecular flexibility index (Phi) is 3.83. The Labute approximate surface area is 131 Å². The van der Waals surface area contributed by atoms with Crippen LogP contribution in [0.3, 0.4) is 0 Å². The topological polar surface area (TPSA) is 66.6 Å². The number of fused-ring (bicyclic) bond motifs is 1. The first-order valence-corrected chi connectivity index (χ1v) is 7.01. The van der Waals surface area contributed by atoms with Gasteiger partial charge in [-0.15, -0.1) is 0 Å². The van der Waals surface area contributed by atoms with Crippen LogP contribution in [0.15, 0.2) is 52.9 Å². The van der Waals surface area contributed by atoms with Gasteiger partial charge >= 0.3 is 0 Å². The molecule has 0 aliphatic carbocycles. The molecular weight excluding hydrogens is 304 g/mol. The van der Waals surface area contributed by atoms with Crippen LogP contribution in [0.25, 0.3) is 11.1 Å². The Morgan fingerprint density at radius 3 is 2.73 bits per heavy atom. The van der Waals surface area contributed by atoms with E-state index >= 15 is 0 Å². The highest BCUT2D eigenvalue weighted by Crippen LogP contribution is 2.25. The number of para-hydroxylation sites is 1. The number of carbonyl (C=O) groups excluding carboxylic acids is 1. The minimum Gasteiger partial charge on any atom is -0.437 e. The molecule has 0 fully saturated rings. The van der Waals surface area contributed by atoms with Crippen LogP contribution in [0.5, 0.6) is 0 Å². The Morgan fingerprint density at radius 2 is 2.00 bits per heavy atom. The van der Waals surface area contributed by atoms with Crippen molar-refractivity contribution in [3.05, 3.63) is 59.4 Å². The van der Waals surface area contributed by atoms with Crippen LogP contribution < -0.4 is 4.90 Å². The van der Waals surface area contributed by atoms with E-state index < -0.39 is 12.0 Å². The van der Waals surface area contributed by atoms with Gasteiger partial charge in [0.05, 0.1) is 0 Å². The molecule has 1 aromatic heterocycles. The minimum absolute atomic E-state index is 0.0509. The van der Waals surface area contributed by atoms with Gasteiger partial charge in [0.15, 0.2) is 5.58 Å². The lowest BCUT2D eigenvalue weighted by molar-refractivity contribution is -0.127. The van der Waals surface area contributed by atoms with E-state index in [9.17, 15) is 9.90 Å². The summed E-state index contributed by atoms with van der Waals surface area (Å²) in [5, 5.41) is 10.7. The van der Waals surface area contributed by atoms with E-state index in [1.165, 1.54) is 4.90 Å². The van der Waals surface area contributed by atoms with Gasteiger partial charge in [0.25, 0.3) is 5.91 Å². The number of rotatable bonds is 3. The molecule has 1 atom stereocenters. The number of carbonyl (C=O) groups is 1. The second-order valence-corrected chi connectivity index (χ2v) is 5.24. The van der Waals surface area contributed by atoms with Gasteiger partial charge < -0.3 is 14.4 Å². The van der Waals surface area contributed by atoms with Crippen molar-refractivity contribution in [3.63, 3.8) is 0 Å². The largest absolute Gasteiger partial charge is 0.437 e. The first-order valence-electron chi connectivity index (χ1n) is 6.63. The van der Waals surface area contributed by atoms with E-state index in [0.717, 1.165) is 0 Å². The number of amides is 1. The van der Waals surface area contributed by atoms with Crippen molar-refractivity contribution in [2.45, 2.75) is 6.10 Å². The molecule has 0 aliphatic rings. The highest BCUT2D eigenvalue weighted by molar-refractivity contribution is 6.31. The SMILES string of the molecule is CN(C(=O)C(O)c1nc2ccc(Cl)cc2o1)c1ccccc1. The number of oxazole rings is 1. The van der Waals surface area contributed by atoms with Crippen LogP contribution in [0.2, 0.25) is 5.02 Å². The van der Waals surface area contributed by atoms with E-state index in [2.05, 4.69) is 4.98 Å². The zero-order valence-electron chi connectivity index (χ0n) is 11.7. The molecule has 6 heteroatoms. The molecule has 2 aromatic carbocycles. The van der Waals surface area contributed by atoms with Gasteiger partial charge in [-0.1, -0.05) is 29.8 Å². The summed E-state index contributed by atoms with van der Waals surface area (Å²) >= 11 is 5.88. The summed E-state index contributed by atoms with van der Waals surface area (Å²) in [6.45, 7) is 0. The molecule has 3 aromatic rings. The number of hydrogen-bond donors (Lipinski definition) is 1. The lowest BCUT2D eigenvalue weighted by Gasteiger charge is -2.19. The number of aliphatic hydroxyl groups excluding tert-OH is 1. The zero-order chi connectivity index (χ0) is 15.7. The molecule has 1 heterocycles. The fourth-order valence-electron chi connectivity index (χ4n) is 2.10. The van der Waals surface area contributed by atoms with Crippen molar-refractivity contribution in [1.29, 1.82) is 0 Å². The third-order valence-corrected chi connectivity index (χ3v) is 3.54. The van der Waals surface area contributed by atoms with Crippen LogP contribution in [-0.4, -0.2) is 23.0 Å². The number of hydrogen-bond acceptors (Lipinski definition) is 4. The second kappa shape index (κ2) is 5.79. The number of benzene rings is 2. The molecule has 5 nitrogen and oxygen atoms in total. The third-order valence-electron chi connectivity index (χ3n) is 3.31. The maximum absolute atomic E-state index is 12.3. The average Bonchev–Trinajstić information content (AvgIpc) is 2.96. The molecule has 1 N–H and O–H groups in total. The van der Waals surface area contributed by atoms with Crippen LogP contribution >= 0.6 is 11.6 Å². The Balaban J connectivity index is 1.88. The maximum Gasteiger partial charge on any atom is 0.265 e. The van der Waals surface area contributed by atoms with Gasteiger partial charge in [-0.2, -0.15) is 0 Å². The Hall–Kier alpha value is -2.37. The minimum atomic E-state index is -1.48. The smallest absolute Gasteiger partial charge is 0.265 e. The molecule has 1 unspecified atom stereocenters. The van der Waals surface area contributed by atoms with Gasteiger partial charge in [-0.25, -0.2) is 4.98 Å². The number of halogens is 1. The summed E-state index contributed by atoms with van der Waals surface area (Å²) in [5.74, 6) is -0.575. The van der Waals surface area contributed by atoms with Gasteiger partial charge in [0, 0.05) is 23.8 Å². The van der Waals surface area contributed by atoms with Gasteiger partial charge in [-0.05, 0) is 24.3 Å². The fourth-order valence-corrected chi connectivity index (χ4v) is 2.26. The number of anilines is 1. The standard InChI is InChI=1S/C16H13ClN2O3/c1-19(11-5-3-2-4-6-11)16(21)14(20)15-18-12-8-7-10(17)9-13(12)22-15/h2-9,14,20H,1H3. The van der Waals surface area contributed by atoms with E-state index in [1.807, 2.05) is 18.2 Å². The molecule has 22 heavy (non-hydrogen) atoms. The highest BCUT2D eigenvalue weighted by Gasteiger charge is 2.27. The average molecular weight is 317 g/mol. The van der Waals surface area contributed by atoms with Crippen LogP contribution in [0.4, 0.5) is 5.69 Å². The molecule has 0 radical (unpaired) electrons. The van der Waals surface area contributed by atoms with E-state index in [0.29, 0.717) is 21.8 Å². The van der Waals surface area contributed by atoms with Crippen molar-refractivity contribution >= 4 is 34.3 Å². The molecule has 3 rings (SSSR count). The molecule has 0 saturated carbocycles. The lowest BCUT2D eigenvalue weighted by atomic mass is 10.2. The molecule has 0 bridgehead atoms. The zero-order valence-corrected chi connectivity index (χ0v) is 12.5. The summed E-state index contributed by atoms with van der Waals surface area (Å²) in [4.78, 5) is 17.8. The lowest BCUT2D eigenvalue weighted by Crippen LogP contribution is -2.31. The second-order valence-electron chi connectivity index (χ2n) is 4.80. The Bertz CT molecular complexity index is 817. The molecule has 112 valence electrons. The molecule has 0 saturated heterocycles. The van der Waals surface area contributed by atoms with Crippen molar-refractivity contribution in [1.82, 2.24) is 4.98 Å². The normalized spacial score (nSPS) is 12.3. The van der Waals surface area contributed by atoms with E-state index in [1.54, 1.807) is 37.4 Å². The quantitative estimate of drug-likeness (QED) is 0.806. The first-order chi connectivity index (χ1) is 10.6. The van der Waals surface area contributed by atoms with Crippen molar-refractivity contribution in [3.8, 4) is 0 Å². The third kappa shape index (κ3) is 2.68. The highest BCUT2D eigenvalue weighted by atomic mass is 35.5. The first kappa shape index (κ1) is 14.6. The van der Waals surface area contributed by atoms with Gasteiger partial charge in [0.1, 0.15) is 5.52 Å². The molecule has 0 spiro atoms. The predicted molar refractivity (Wildman–Crippen MR) is 83.8 cm³/mol. The van der Waals surface area contributed by atoms with Gasteiger partial charge in [-0.3, -0.25) is 4.79 Å². The maximum atomic E-state index is 12.3. The summed E-state index contributed by atoms with van der Waals surface area (Å²) in [7, 11) is 1.58. The van der Waals surface area contributed by atoms with Gasteiger partial charge in [0.2, 0.25) is 12.0 Å². The fraction of sp³-hybridized carbons (Fsp3) is 0.125. The van der Waals surface area contributed by atoms with Crippen LogP contribution in [0, 0.1) is 0 Å². The number of nitrogens with zero attached hydrogens (tertiary/aromatic N) is 2. The van der Waals surface area contributed by atoms with E-state index in [4.69, 9.17) is 16.0 Å².